The normalized spacial score (nSPS) is 17.3. The minimum Gasteiger partial charge on any atom is -0.352 e. The Morgan fingerprint density at radius 3 is 2.36 bits per heavy atom. The molecule has 1 aromatic rings. The monoisotopic (exact) mass is 366 g/mol. The quantitative estimate of drug-likeness (QED) is 0.720. The number of likely N-dealkylation sites (tertiary alicyclic amines) is 1. The van der Waals surface area contributed by atoms with Gasteiger partial charge in [-0.2, -0.15) is 0 Å². The molecule has 6 nitrogen and oxygen atoms in total. The highest BCUT2D eigenvalue weighted by atomic mass is 35.5. The van der Waals surface area contributed by atoms with Crippen LogP contribution in [0.5, 0.6) is 0 Å². The molecule has 1 unspecified atom stereocenters. The van der Waals surface area contributed by atoms with Crippen molar-refractivity contribution in [3.05, 3.63) is 34.9 Å². The van der Waals surface area contributed by atoms with Gasteiger partial charge >= 0.3 is 6.03 Å². The van der Waals surface area contributed by atoms with Crippen molar-refractivity contribution < 1.29 is 9.59 Å². The molecule has 1 atom stereocenters. The second kappa shape index (κ2) is 9.06. The maximum absolute atomic E-state index is 12.4. The highest BCUT2D eigenvalue weighted by Gasteiger charge is 2.27. The molecule has 1 fully saturated rings. The van der Waals surface area contributed by atoms with Crippen molar-refractivity contribution in [1.29, 1.82) is 0 Å². The lowest BCUT2D eigenvalue weighted by atomic mass is 10.0. The summed E-state index contributed by atoms with van der Waals surface area (Å²) < 4.78 is 0. The molecule has 1 aliphatic rings. The smallest absolute Gasteiger partial charge is 0.312 e. The number of carbonyl (C=O) groups is 2. The summed E-state index contributed by atoms with van der Waals surface area (Å²) in [5.74, 6) is -0.178. The molecule has 0 bridgehead atoms. The Hall–Kier alpha value is -1.79. The maximum atomic E-state index is 12.4. The number of nitrogens with two attached hydrogens (primary N) is 1. The van der Waals surface area contributed by atoms with E-state index < -0.39 is 12.1 Å². The van der Waals surface area contributed by atoms with Gasteiger partial charge < -0.3 is 16.4 Å². The third kappa shape index (κ3) is 6.21. The van der Waals surface area contributed by atoms with E-state index in [4.69, 9.17) is 17.3 Å². The highest BCUT2D eigenvalue weighted by molar-refractivity contribution is 6.30. The van der Waals surface area contributed by atoms with Gasteiger partial charge in [-0.1, -0.05) is 37.6 Å². The lowest BCUT2D eigenvalue weighted by molar-refractivity contribution is -0.124. The zero-order valence-corrected chi connectivity index (χ0v) is 15.6. The van der Waals surface area contributed by atoms with E-state index in [0.29, 0.717) is 0 Å². The first-order valence-electron chi connectivity index (χ1n) is 8.68. The number of hydrogen-bond donors (Lipinski definition) is 3. The molecular formula is C18H27ClN4O2. The molecule has 1 saturated heterocycles. The van der Waals surface area contributed by atoms with Gasteiger partial charge in [0.1, 0.15) is 6.04 Å². The largest absolute Gasteiger partial charge is 0.352 e. The first kappa shape index (κ1) is 19.5. The van der Waals surface area contributed by atoms with Gasteiger partial charge in [0.2, 0.25) is 5.91 Å². The van der Waals surface area contributed by atoms with Gasteiger partial charge in [-0.05, 0) is 36.5 Å². The van der Waals surface area contributed by atoms with Crippen LogP contribution in [0.3, 0.4) is 0 Å². The number of amides is 3. The van der Waals surface area contributed by atoms with E-state index in [9.17, 15) is 9.59 Å². The van der Waals surface area contributed by atoms with Gasteiger partial charge in [0, 0.05) is 30.7 Å². The van der Waals surface area contributed by atoms with Crippen molar-refractivity contribution in [3.63, 3.8) is 0 Å². The van der Waals surface area contributed by atoms with Gasteiger partial charge in [-0.25, -0.2) is 4.79 Å². The summed E-state index contributed by atoms with van der Waals surface area (Å²) >= 11 is 5.91. The predicted molar refractivity (Wildman–Crippen MR) is 99.2 cm³/mol. The summed E-state index contributed by atoms with van der Waals surface area (Å²) in [7, 11) is 0. The van der Waals surface area contributed by atoms with Crippen molar-refractivity contribution in [2.45, 2.75) is 45.3 Å². The lowest BCUT2D eigenvalue weighted by Crippen LogP contribution is -2.54. The fourth-order valence-corrected chi connectivity index (χ4v) is 3.19. The topological polar surface area (TPSA) is 87.5 Å². The molecule has 0 aliphatic carbocycles. The van der Waals surface area contributed by atoms with Crippen LogP contribution in [-0.2, 0) is 11.3 Å². The third-order valence-electron chi connectivity index (χ3n) is 4.50. The maximum Gasteiger partial charge on any atom is 0.312 e. The average Bonchev–Trinajstić information content (AvgIpc) is 2.56. The summed E-state index contributed by atoms with van der Waals surface area (Å²) in [6.07, 6.45) is 1.78. The van der Waals surface area contributed by atoms with Crippen LogP contribution in [0.2, 0.25) is 5.02 Å². The first-order chi connectivity index (χ1) is 11.8. The molecule has 25 heavy (non-hydrogen) atoms. The Labute approximate surface area is 154 Å². The summed E-state index contributed by atoms with van der Waals surface area (Å²) in [4.78, 5) is 25.8. The zero-order chi connectivity index (χ0) is 18.4. The predicted octanol–water partition coefficient (Wildman–Crippen LogP) is 2.11. The van der Waals surface area contributed by atoms with Crippen molar-refractivity contribution in [3.8, 4) is 0 Å². The number of piperidine rings is 1. The van der Waals surface area contributed by atoms with E-state index in [-0.39, 0.29) is 17.9 Å². The molecule has 1 aromatic carbocycles. The number of nitrogens with one attached hydrogen (secondary N) is 2. The van der Waals surface area contributed by atoms with Crippen LogP contribution in [0.15, 0.2) is 24.3 Å². The number of benzene rings is 1. The number of primary amides is 1. The van der Waals surface area contributed by atoms with Gasteiger partial charge in [0.05, 0.1) is 0 Å². The molecule has 0 radical (unpaired) electrons. The fourth-order valence-electron chi connectivity index (χ4n) is 3.06. The molecule has 1 aliphatic heterocycles. The standard InChI is InChI=1S/C18H27ClN4O2/c1-12(2)16(22-18(20)25)17(24)21-15-7-9-23(10-8-15)11-13-3-5-14(19)6-4-13/h3-6,12,15-16H,7-11H2,1-2H3,(H,21,24)(H3,20,22,25). The zero-order valence-electron chi connectivity index (χ0n) is 14.8. The number of nitrogens with zero attached hydrogens (tertiary/aromatic N) is 1. The molecule has 0 spiro atoms. The van der Waals surface area contributed by atoms with Crippen LogP contribution in [0.1, 0.15) is 32.3 Å². The SMILES string of the molecule is CC(C)C(NC(N)=O)C(=O)NC1CCN(Cc2ccc(Cl)cc2)CC1. The molecule has 2 rings (SSSR count). The van der Waals surface area contributed by atoms with Crippen LogP contribution in [0, 0.1) is 5.92 Å². The van der Waals surface area contributed by atoms with Crippen LogP contribution >= 0.6 is 11.6 Å². The highest BCUT2D eigenvalue weighted by Crippen LogP contribution is 2.16. The molecule has 3 amide bonds. The van der Waals surface area contributed by atoms with Gasteiger partial charge in [-0.3, -0.25) is 9.69 Å². The van der Waals surface area contributed by atoms with Gasteiger partial charge in [-0.15, -0.1) is 0 Å². The molecule has 1 heterocycles. The molecule has 4 N–H and O–H groups in total. The van der Waals surface area contributed by atoms with Crippen molar-refractivity contribution in [2.24, 2.45) is 11.7 Å². The van der Waals surface area contributed by atoms with Crippen LogP contribution in [0.4, 0.5) is 4.79 Å². The number of urea groups is 1. The van der Waals surface area contributed by atoms with E-state index in [1.54, 1.807) is 0 Å². The van der Waals surface area contributed by atoms with Crippen molar-refractivity contribution in [2.75, 3.05) is 13.1 Å². The molecule has 0 saturated carbocycles. The van der Waals surface area contributed by atoms with Crippen LogP contribution in [-0.4, -0.2) is 42.0 Å². The Morgan fingerprint density at radius 1 is 1.24 bits per heavy atom. The average molecular weight is 367 g/mol. The second-order valence-electron chi connectivity index (χ2n) is 6.92. The van der Waals surface area contributed by atoms with E-state index in [1.807, 2.05) is 38.1 Å². The Balaban J connectivity index is 1.80. The van der Waals surface area contributed by atoms with Crippen molar-refractivity contribution >= 4 is 23.5 Å². The number of carbonyl (C=O) groups excluding carboxylic acids is 2. The molecular weight excluding hydrogens is 340 g/mol. The number of halogens is 1. The van der Waals surface area contributed by atoms with Gasteiger partial charge in [0.15, 0.2) is 0 Å². The van der Waals surface area contributed by atoms with E-state index in [1.165, 1.54) is 5.56 Å². The first-order valence-corrected chi connectivity index (χ1v) is 9.06. The van der Waals surface area contributed by atoms with Gasteiger partial charge in [0.25, 0.3) is 0 Å². The second-order valence-corrected chi connectivity index (χ2v) is 7.35. The molecule has 7 heteroatoms. The Morgan fingerprint density at radius 2 is 1.84 bits per heavy atom. The number of hydrogen-bond acceptors (Lipinski definition) is 3. The third-order valence-corrected chi connectivity index (χ3v) is 4.75. The summed E-state index contributed by atoms with van der Waals surface area (Å²) in [5.41, 5.74) is 6.39. The van der Waals surface area contributed by atoms with Crippen molar-refractivity contribution in [1.82, 2.24) is 15.5 Å². The summed E-state index contributed by atoms with van der Waals surface area (Å²) in [5, 5.41) is 6.31. The minimum absolute atomic E-state index is 0.0162. The van der Waals surface area contributed by atoms with Crippen LogP contribution in [0.25, 0.3) is 0 Å². The number of rotatable bonds is 6. The Bertz CT molecular complexity index is 583. The fraction of sp³-hybridized carbons (Fsp3) is 0.556. The Kier molecular flexibility index (Phi) is 7.08. The summed E-state index contributed by atoms with van der Waals surface area (Å²) in [6.45, 7) is 6.49. The molecule has 138 valence electrons. The summed E-state index contributed by atoms with van der Waals surface area (Å²) in [6, 6.07) is 6.75. The lowest BCUT2D eigenvalue weighted by Gasteiger charge is -2.33. The van der Waals surface area contributed by atoms with E-state index >= 15 is 0 Å². The minimum atomic E-state index is -0.674. The van der Waals surface area contributed by atoms with Crippen LogP contribution < -0.4 is 16.4 Å². The molecule has 0 aromatic heterocycles. The van der Waals surface area contributed by atoms with E-state index in [2.05, 4.69) is 15.5 Å². The van der Waals surface area contributed by atoms with E-state index in [0.717, 1.165) is 37.5 Å².